The molecule has 4 saturated heterocycles. The number of hydrogen-bond acceptors (Lipinski definition) is 11. The minimum atomic E-state index is -0.985. The van der Waals surface area contributed by atoms with Gasteiger partial charge < -0.3 is 50.8 Å². The van der Waals surface area contributed by atoms with Crippen LogP contribution in [-0.4, -0.2) is 145 Å². The normalized spacial score (nSPS) is 23.3. The highest BCUT2D eigenvalue weighted by molar-refractivity contribution is 5.95. The zero-order valence-electron chi connectivity index (χ0n) is 41.5. The van der Waals surface area contributed by atoms with Gasteiger partial charge in [-0.25, -0.2) is 9.59 Å². The van der Waals surface area contributed by atoms with Gasteiger partial charge in [0.05, 0.1) is 25.6 Å². The third-order valence-electron chi connectivity index (χ3n) is 13.4. The summed E-state index contributed by atoms with van der Waals surface area (Å²) in [5.41, 5.74) is 2.13. The van der Waals surface area contributed by atoms with Crippen molar-refractivity contribution in [2.24, 2.45) is 0 Å². The molecule has 0 saturated carbocycles. The van der Waals surface area contributed by atoms with Gasteiger partial charge in [0.25, 0.3) is 0 Å². The molecule has 7 atom stereocenters. The van der Waals surface area contributed by atoms with Crippen LogP contribution in [0.15, 0.2) is 91.0 Å². The smallest absolute Gasteiger partial charge is 0.408 e. The molecule has 17 heteroatoms. The fraction of sp³-hybridized carbons (Fsp3) is 0.528. The number of fused-ring (bicyclic) bond motifs is 2. The van der Waals surface area contributed by atoms with Crippen molar-refractivity contribution in [1.82, 2.24) is 41.3 Å². The number of alkyl carbamates (subject to hydrolysis) is 1. The molecule has 378 valence electrons. The fourth-order valence-corrected chi connectivity index (χ4v) is 9.78. The maximum atomic E-state index is 14.4. The van der Waals surface area contributed by atoms with E-state index in [0.29, 0.717) is 45.2 Å². The number of esters is 1. The van der Waals surface area contributed by atoms with E-state index in [1.165, 1.54) is 7.11 Å². The summed E-state index contributed by atoms with van der Waals surface area (Å²) < 4.78 is 10.1. The predicted molar refractivity (Wildman–Crippen MR) is 264 cm³/mol. The van der Waals surface area contributed by atoms with Gasteiger partial charge in [-0.3, -0.25) is 24.0 Å². The lowest BCUT2D eigenvalue weighted by molar-refractivity contribution is -0.153. The largest absolute Gasteiger partial charge is 0.467 e. The summed E-state index contributed by atoms with van der Waals surface area (Å²) in [6, 6.07) is 25.0. The van der Waals surface area contributed by atoms with E-state index in [9.17, 15) is 33.6 Å². The molecule has 0 radical (unpaired) electrons. The van der Waals surface area contributed by atoms with Gasteiger partial charge in [-0.2, -0.15) is 0 Å². The van der Waals surface area contributed by atoms with Gasteiger partial charge in [0.2, 0.25) is 29.5 Å². The molecule has 0 spiro atoms. The van der Waals surface area contributed by atoms with Crippen molar-refractivity contribution >= 4 is 41.6 Å². The number of methoxy groups -OCH3 is 1. The number of amides is 6. The van der Waals surface area contributed by atoms with E-state index in [2.05, 4.69) is 26.6 Å². The molecule has 3 aromatic carbocycles. The molecule has 4 heterocycles. The summed E-state index contributed by atoms with van der Waals surface area (Å²) in [6.07, 6.45) is 5.22. The average molecular weight is 965 g/mol. The van der Waals surface area contributed by atoms with Crippen molar-refractivity contribution in [3.05, 3.63) is 108 Å². The average Bonchev–Trinajstić information content (AvgIpc) is 4.00. The lowest BCUT2D eigenvalue weighted by Crippen LogP contribution is -2.60. The first-order valence-electron chi connectivity index (χ1n) is 24.7. The van der Waals surface area contributed by atoms with Crippen molar-refractivity contribution in [1.29, 1.82) is 0 Å². The van der Waals surface area contributed by atoms with Crippen LogP contribution in [0.1, 0.15) is 102 Å². The Labute approximate surface area is 412 Å². The van der Waals surface area contributed by atoms with Crippen LogP contribution in [0.4, 0.5) is 4.79 Å². The summed E-state index contributed by atoms with van der Waals surface area (Å²) in [5, 5.41) is 14.9. The van der Waals surface area contributed by atoms with Gasteiger partial charge in [0.1, 0.15) is 29.8 Å². The van der Waals surface area contributed by atoms with Crippen molar-refractivity contribution in [2.45, 2.75) is 139 Å². The molecule has 7 rings (SSSR count). The molecule has 3 aromatic rings. The minimum absolute atomic E-state index is 0.000522. The highest BCUT2D eigenvalue weighted by atomic mass is 16.6. The van der Waals surface area contributed by atoms with Gasteiger partial charge in [-0.15, -0.1) is 0 Å². The van der Waals surface area contributed by atoms with E-state index in [0.717, 1.165) is 42.5 Å². The molecular weight excluding hydrogens is 893 g/mol. The van der Waals surface area contributed by atoms with Crippen LogP contribution in [-0.2, 0) is 44.7 Å². The maximum absolute atomic E-state index is 14.4. The molecule has 5 N–H and O–H groups in total. The number of hydrogen-bond donors (Lipinski definition) is 5. The van der Waals surface area contributed by atoms with Crippen molar-refractivity contribution < 1.29 is 43.0 Å². The molecule has 4 aliphatic heterocycles. The third-order valence-corrected chi connectivity index (χ3v) is 13.4. The fourth-order valence-electron chi connectivity index (χ4n) is 9.78. The zero-order valence-corrected chi connectivity index (χ0v) is 41.5. The summed E-state index contributed by atoms with van der Waals surface area (Å²) in [5.74, 6) is -1.66. The third kappa shape index (κ3) is 14.1. The number of carbonyl (C=O) groups is 7. The first-order valence-corrected chi connectivity index (χ1v) is 24.7. The van der Waals surface area contributed by atoms with E-state index in [1.807, 2.05) is 91.0 Å². The van der Waals surface area contributed by atoms with Crippen LogP contribution < -0.4 is 26.6 Å². The summed E-state index contributed by atoms with van der Waals surface area (Å²) in [4.78, 5) is 97.3. The topological polar surface area (TPSA) is 208 Å². The quantitative estimate of drug-likeness (QED) is 0.174. The van der Waals surface area contributed by atoms with E-state index in [1.54, 1.807) is 49.4 Å². The number of benzene rings is 3. The van der Waals surface area contributed by atoms with Crippen LogP contribution in [0.2, 0.25) is 0 Å². The molecule has 4 aliphatic rings. The van der Waals surface area contributed by atoms with E-state index >= 15 is 0 Å². The van der Waals surface area contributed by atoms with Crippen molar-refractivity contribution in [3.8, 4) is 0 Å². The highest BCUT2D eigenvalue weighted by Crippen LogP contribution is 2.32. The number of nitrogens with zero attached hydrogens (tertiary/aromatic N) is 3. The minimum Gasteiger partial charge on any atom is -0.467 e. The summed E-state index contributed by atoms with van der Waals surface area (Å²) in [7, 11) is 3.01. The van der Waals surface area contributed by atoms with Crippen LogP contribution in [0.5, 0.6) is 0 Å². The molecule has 0 unspecified atom stereocenters. The molecule has 6 amide bonds. The van der Waals surface area contributed by atoms with Gasteiger partial charge in [-0.1, -0.05) is 91.0 Å². The number of likely N-dealkylation sites (N-methyl/N-ethyl adjacent to an activating group) is 1. The SMILES string of the molecule is CN[C@@H](C)C(=O)N[C@H]1CN(C(=O)Cc2ccccc2)CCC[C@H]2CC[C@@H](C(=O)NC(c3ccccc3)c3ccccc3)N2C1=O.COC(=O)[C@@H]1CC[C@@H]2CCCNC[C@H](NC(=O)OC(C)(C)C)C(=O)N21. The van der Waals surface area contributed by atoms with Gasteiger partial charge >= 0.3 is 12.1 Å². The van der Waals surface area contributed by atoms with Crippen LogP contribution in [0, 0.1) is 0 Å². The lowest BCUT2D eigenvalue weighted by Gasteiger charge is -2.34. The maximum Gasteiger partial charge on any atom is 0.408 e. The lowest BCUT2D eigenvalue weighted by atomic mass is 9.98. The molecule has 0 bridgehead atoms. The molecule has 0 aromatic heterocycles. The number of rotatable bonds is 11. The highest BCUT2D eigenvalue weighted by Gasteiger charge is 2.46. The Hall–Kier alpha value is -6.33. The Morgan fingerprint density at radius 3 is 1.87 bits per heavy atom. The number of ether oxygens (including phenoxy) is 2. The summed E-state index contributed by atoms with van der Waals surface area (Å²) >= 11 is 0. The molecule has 17 nitrogen and oxygen atoms in total. The Balaban J connectivity index is 0.000000272. The molecular formula is C53H72N8O9. The van der Waals surface area contributed by atoms with Gasteiger partial charge in [0.15, 0.2) is 0 Å². The predicted octanol–water partition coefficient (Wildman–Crippen LogP) is 4.01. The first-order chi connectivity index (χ1) is 33.6. The van der Waals surface area contributed by atoms with Crippen molar-refractivity contribution in [3.63, 3.8) is 0 Å². The molecule has 4 fully saturated rings. The van der Waals surface area contributed by atoms with Gasteiger partial charge in [0, 0.05) is 31.7 Å². The number of carbonyl (C=O) groups excluding carboxylic acids is 7. The molecule has 70 heavy (non-hydrogen) atoms. The Morgan fingerprint density at radius 1 is 0.729 bits per heavy atom. The van der Waals surface area contributed by atoms with E-state index in [-0.39, 0.29) is 60.6 Å². The zero-order chi connectivity index (χ0) is 50.4. The second-order valence-electron chi connectivity index (χ2n) is 19.5. The summed E-state index contributed by atoms with van der Waals surface area (Å²) in [6.45, 7) is 8.58. The van der Waals surface area contributed by atoms with Crippen LogP contribution >= 0.6 is 0 Å². The van der Waals surface area contributed by atoms with Gasteiger partial charge in [-0.05, 0) is 109 Å². The Bertz CT molecular complexity index is 2200. The standard InChI is InChI=1S/C36H43N5O4.C17H29N3O5/c1-25(37-2)34(43)38-30-24-40(32(42)23-26-13-6-3-7-14-26)22-12-19-29-20-21-31(41(29)36(30)45)35(44)39-33(27-15-8-4-9-16-27)28-17-10-5-11-18-28;1-17(2,3)25-16(23)19-12-10-18-9-5-6-11-7-8-13(15(22)24-4)20(11)14(12)21/h3-11,13-18,25,29-31,33,37H,12,19-24H2,1-2H3,(H,38,43)(H,39,44);11-13,18H,5-10H2,1-4H3,(H,19,23)/t25-,29-,30-,31-;11-,12-,13-/m00/s1. The molecule has 0 aliphatic carbocycles. The van der Waals surface area contributed by atoms with Crippen LogP contribution in [0.3, 0.4) is 0 Å². The van der Waals surface area contributed by atoms with Crippen LogP contribution in [0.25, 0.3) is 0 Å². The van der Waals surface area contributed by atoms with Crippen molar-refractivity contribution in [2.75, 3.05) is 40.3 Å². The van der Waals surface area contributed by atoms with E-state index in [4.69, 9.17) is 9.47 Å². The Morgan fingerprint density at radius 2 is 1.29 bits per heavy atom. The Kier molecular flexibility index (Phi) is 18.9. The second kappa shape index (κ2) is 25.0. The second-order valence-corrected chi connectivity index (χ2v) is 19.5. The van der Waals surface area contributed by atoms with E-state index < -0.39 is 47.9 Å². The number of nitrogens with one attached hydrogen (secondary N) is 5. The monoisotopic (exact) mass is 965 g/mol. The first kappa shape index (κ1) is 53.0.